The first-order chi connectivity index (χ1) is 8.13. The number of carbonyl (C=O) groups is 2. The van der Waals surface area contributed by atoms with E-state index in [0.29, 0.717) is 19.0 Å². The van der Waals surface area contributed by atoms with Gasteiger partial charge < -0.3 is 9.64 Å². The van der Waals surface area contributed by atoms with Crippen LogP contribution in [0.2, 0.25) is 0 Å². The summed E-state index contributed by atoms with van der Waals surface area (Å²) in [6.45, 7) is 3.44. The molecule has 1 saturated carbocycles. The second-order valence-corrected chi connectivity index (χ2v) is 5.25. The summed E-state index contributed by atoms with van der Waals surface area (Å²) in [5.41, 5.74) is 0. The highest BCUT2D eigenvalue weighted by Crippen LogP contribution is 2.37. The Hall–Kier alpha value is -1.06. The normalized spacial score (nSPS) is 23.3. The Bertz CT molecular complexity index is 304. The lowest BCUT2D eigenvalue weighted by Crippen LogP contribution is -2.43. The summed E-state index contributed by atoms with van der Waals surface area (Å²) in [5, 5.41) is 0. The van der Waals surface area contributed by atoms with Gasteiger partial charge in [-0.25, -0.2) is 0 Å². The number of nitrogens with zero attached hydrogens (tertiary/aromatic N) is 1. The van der Waals surface area contributed by atoms with Crippen LogP contribution in [0.4, 0.5) is 0 Å². The van der Waals surface area contributed by atoms with E-state index in [1.54, 1.807) is 0 Å². The van der Waals surface area contributed by atoms with Gasteiger partial charge in [0, 0.05) is 19.0 Å². The van der Waals surface area contributed by atoms with Crippen LogP contribution in [0, 0.1) is 17.8 Å². The van der Waals surface area contributed by atoms with Crippen LogP contribution >= 0.6 is 0 Å². The van der Waals surface area contributed by atoms with Crippen molar-refractivity contribution in [2.45, 2.75) is 32.6 Å². The lowest BCUT2D eigenvalue weighted by atomic mass is 9.95. The SMILES string of the molecule is COC(=O)C1CCN(C(=O)C(C)C2CC2)CC1. The molecule has 17 heavy (non-hydrogen) atoms. The van der Waals surface area contributed by atoms with Crippen molar-refractivity contribution in [2.75, 3.05) is 20.2 Å². The number of methoxy groups -OCH3 is 1. The molecule has 1 heterocycles. The van der Waals surface area contributed by atoms with Gasteiger partial charge >= 0.3 is 5.97 Å². The van der Waals surface area contributed by atoms with E-state index in [9.17, 15) is 9.59 Å². The largest absolute Gasteiger partial charge is 0.469 e. The van der Waals surface area contributed by atoms with Gasteiger partial charge in [-0.2, -0.15) is 0 Å². The lowest BCUT2D eigenvalue weighted by Gasteiger charge is -2.32. The first kappa shape index (κ1) is 12.4. The minimum absolute atomic E-state index is 0.0136. The Morgan fingerprint density at radius 1 is 1.18 bits per heavy atom. The number of carbonyl (C=O) groups excluding carboxylic acids is 2. The van der Waals surface area contributed by atoms with Gasteiger partial charge in [0.05, 0.1) is 13.0 Å². The molecule has 0 N–H and O–H groups in total. The van der Waals surface area contributed by atoms with Crippen LogP contribution in [-0.2, 0) is 14.3 Å². The highest BCUT2D eigenvalue weighted by Gasteiger charge is 2.36. The van der Waals surface area contributed by atoms with Crippen molar-refractivity contribution >= 4 is 11.9 Å². The molecular formula is C13H21NO3. The Morgan fingerprint density at radius 2 is 1.76 bits per heavy atom. The predicted molar refractivity (Wildman–Crippen MR) is 63.2 cm³/mol. The number of piperidine rings is 1. The molecule has 1 amide bonds. The van der Waals surface area contributed by atoms with E-state index >= 15 is 0 Å². The third kappa shape index (κ3) is 2.79. The zero-order valence-electron chi connectivity index (χ0n) is 10.6. The van der Waals surface area contributed by atoms with E-state index < -0.39 is 0 Å². The van der Waals surface area contributed by atoms with Gasteiger partial charge in [0.15, 0.2) is 0 Å². The van der Waals surface area contributed by atoms with Crippen molar-refractivity contribution in [3.05, 3.63) is 0 Å². The van der Waals surface area contributed by atoms with Crippen molar-refractivity contribution in [1.82, 2.24) is 4.90 Å². The maximum absolute atomic E-state index is 12.1. The monoisotopic (exact) mass is 239 g/mol. The van der Waals surface area contributed by atoms with Crippen molar-refractivity contribution < 1.29 is 14.3 Å². The fourth-order valence-corrected chi connectivity index (χ4v) is 2.59. The van der Waals surface area contributed by atoms with Crippen LogP contribution in [0.25, 0.3) is 0 Å². The van der Waals surface area contributed by atoms with Gasteiger partial charge in [0.2, 0.25) is 5.91 Å². The van der Waals surface area contributed by atoms with Gasteiger partial charge in [-0.15, -0.1) is 0 Å². The molecule has 2 rings (SSSR count). The maximum atomic E-state index is 12.1. The lowest BCUT2D eigenvalue weighted by molar-refractivity contribution is -0.149. The fraction of sp³-hybridized carbons (Fsp3) is 0.846. The summed E-state index contributed by atoms with van der Waals surface area (Å²) in [6, 6.07) is 0. The highest BCUT2D eigenvalue weighted by atomic mass is 16.5. The van der Waals surface area contributed by atoms with Gasteiger partial charge in [-0.3, -0.25) is 9.59 Å². The van der Waals surface area contributed by atoms with E-state index in [4.69, 9.17) is 4.74 Å². The molecule has 1 aliphatic heterocycles. The third-order valence-electron chi connectivity index (χ3n) is 4.06. The van der Waals surface area contributed by atoms with E-state index in [1.165, 1.54) is 20.0 Å². The van der Waals surface area contributed by atoms with E-state index in [-0.39, 0.29) is 23.7 Å². The average Bonchev–Trinajstić information content (AvgIpc) is 3.20. The molecule has 0 spiro atoms. The minimum atomic E-state index is -0.132. The Balaban J connectivity index is 1.81. The molecule has 1 aliphatic carbocycles. The molecule has 2 fully saturated rings. The molecule has 0 bridgehead atoms. The Kier molecular flexibility index (Phi) is 3.69. The highest BCUT2D eigenvalue weighted by molar-refractivity contribution is 5.79. The molecule has 4 nitrogen and oxygen atoms in total. The number of esters is 1. The number of ether oxygens (including phenoxy) is 1. The van der Waals surface area contributed by atoms with Crippen LogP contribution < -0.4 is 0 Å². The second-order valence-electron chi connectivity index (χ2n) is 5.25. The van der Waals surface area contributed by atoms with Gasteiger partial charge in [-0.1, -0.05) is 6.92 Å². The van der Waals surface area contributed by atoms with Gasteiger partial charge in [0.1, 0.15) is 0 Å². The molecule has 0 radical (unpaired) electrons. The Morgan fingerprint density at radius 3 is 2.24 bits per heavy atom. The van der Waals surface area contributed by atoms with E-state index in [0.717, 1.165) is 12.8 Å². The van der Waals surface area contributed by atoms with Crippen LogP contribution in [-0.4, -0.2) is 37.0 Å². The quantitative estimate of drug-likeness (QED) is 0.700. The molecule has 2 aliphatic rings. The second kappa shape index (κ2) is 5.07. The zero-order valence-corrected chi connectivity index (χ0v) is 10.6. The molecule has 0 aromatic carbocycles. The molecule has 1 atom stereocenters. The number of likely N-dealkylation sites (tertiary alicyclic amines) is 1. The predicted octanol–water partition coefficient (Wildman–Crippen LogP) is 1.44. The summed E-state index contributed by atoms with van der Waals surface area (Å²) in [4.78, 5) is 25.4. The van der Waals surface area contributed by atoms with Gasteiger partial charge in [0.25, 0.3) is 0 Å². The van der Waals surface area contributed by atoms with Crippen LogP contribution in [0.5, 0.6) is 0 Å². The molecule has 96 valence electrons. The number of hydrogen-bond donors (Lipinski definition) is 0. The molecule has 4 heteroatoms. The third-order valence-corrected chi connectivity index (χ3v) is 4.06. The maximum Gasteiger partial charge on any atom is 0.308 e. The number of amides is 1. The van der Waals surface area contributed by atoms with Crippen molar-refractivity contribution in [1.29, 1.82) is 0 Å². The molecule has 1 saturated heterocycles. The molecule has 0 aromatic heterocycles. The zero-order chi connectivity index (χ0) is 12.4. The standard InChI is InChI=1S/C13H21NO3/c1-9(10-3-4-10)12(15)14-7-5-11(6-8-14)13(16)17-2/h9-11H,3-8H2,1-2H3. The molecule has 0 aromatic rings. The smallest absolute Gasteiger partial charge is 0.308 e. The topological polar surface area (TPSA) is 46.6 Å². The van der Waals surface area contributed by atoms with Crippen molar-refractivity contribution in [3.8, 4) is 0 Å². The molecule has 1 unspecified atom stereocenters. The summed E-state index contributed by atoms with van der Waals surface area (Å²) in [6.07, 6.45) is 3.89. The number of rotatable bonds is 3. The minimum Gasteiger partial charge on any atom is -0.469 e. The van der Waals surface area contributed by atoms with E-state index in [1.807, 2.05) is 11.8 Å². The summed E-state index contributed by atoms with van der Waals surface area (Å²) >= 11 is 0. The van der Waals surface area contributed by atoms with Crippen molar-refractivity contribution in [3.63, 3.8) is 0 Å². The summed E-state index contributed by atoms with van der Waals surface area (Å²) in [5.74, 6) is 0.911. The van der Waals surface area contributed by atoms with E-state index in [2.05, 4.69) is 0 Å². The van der Waals surface area contributed by atoms with Crippen molar-refractivity contribution in [2.24, 2.45) is 17.8 Å². The summed E-state index contributed by atoms with van der Waals surface area (Å²) < 4.78 is 4.74. The first-order valence-corrected chi connectivity index (χ1v) is 6.50. The van der Waals surface area contributed by atoms with Gasteiger partial charge in [-0.05, 0) is 31.6 Å². The van der Waals surface area contributed by atoms with Crippen LogP contribution in [0.1, 0.15) is 32.6 Å². The fourth-order valence-electron chi connectivity index (χ4n) is 2.59. The number of hydrogen-bond acceptors (Lipinski definition) is 3. The first-order valence-electron chi connectivity index (χ1n) is 6.50. The summed E-state index contributed by atoms with van der Waals surface area (Å²) in [7, 11) is 1.43. The average molecular weight is 239 g/mol. The van der Waals surface area contributed by atoms with Crippen LogP contribution in [0.15, 0.2) is 0 Å². The Labute approximate surface area is 102 Å². The van der Waals surface area contributed by atoms with Crippen LogP contribution in [0.3, 0.4) is 0 Å². The molecular weight excluding hydrogens is 218 g/mol.